The third-order valence-corrected chi connectivity index (χ3v) is 5.94. The number of thioether (sulfide) groups is 1. The number of anilines is 1. The molecule has 10 nitrogen and oxygen atoms in total. The standard InChI is InChI=1S/C22H19BrN2O8S/c1-31-14-5-3-13(4-6-14)24-18(26)10-25-21(29)17(34-22(25)30)9-12-7-15(23)20(16(8-12)32-2)33-11-19(27)28/h3-9H,10-11H2,1-2H3,(H,24,26)(H,27,28)/b17-9+. The minimum absolute atomic E-state index is 0.121. The molecule has 1 saturated heterocycles. The van der Waals surface area contributed by atoms with Gasteiger partial charge in [0, 0.05) is 5.69 Å². The van der Waals surface area contributed by atoms with E-state index in [0.29, 0.717) is 33.2 Å². The van der Waals surface area contributed by atoms with Gasteiger partial charge in [0.05, 0.1) is 23.6 Å². The number of hydrogen-bond acceptors (Lipinski definition) is 8. The number of hydrogen-bond donors (Lipinski definition) is 2. The Morgan fingerprint density at radius 1 is 1.15 bits per heavy atom. The van der Waals surface area contributed by atoms with Crippen molar-refractivity contribution in [1.29, 1.82) is 0 Å². The Hall–Kier alpha value is -3.51. The summed E-state index contributed by atoms with van der Waals surface area (Å²) in [6.45, 7) is -1.01. The number of rotatable bonds is 9. The maximum atomic E-state index is 12.8. The number of aliphatic carboxylic acids is 1. The van der Waals surface area contributed by atoms with E-state index in [1.807, 2.05) is 0 Å². The topological polar surface area (TPSA) is 131 Å². The highest BCUT2D eigenvalue weighted by molar-refractivity contribution is 9.10. The van der Waals surface area contributed by atoms with Crippen molar-refractivity contribution in [3.05, 3.63) is 51.3 Å². The fraction of sp³-hybridized carbons (Fsp3) is 0.182. The summed E-state index contributed by atoms with van der Waals surface area (Å²) in [7, 11) is 2.91. The summed E-state index contributed by atoms with van der Waals surface area (Å²) in [4.78, 5) is 49.2. The highest BCUT2D eigenvalue weighted by Gasteiger charge is 2.36. The molecule has 3 rings (SSSR count). The Labute approximate surface area is 207 Å². The number of carbonyl (C=O) groups is 4. The minimum Gasteiger partial charge on any atom is -0.497 e. The van der Waals surface area contributed by atoms with Crippen LogP contribution < -0.4 is 19.5 Å². The summed E-state index contributed by atoms with van der Waals surface area (Å²) in [5, 5.41) is 10.9. The number of nitrogens with zero attached hydrogens (tertiary/aromatic N) is 1. The molecule has 0 unspecified atom stereocenters. The molecule has 1 aliphatic heterocycles. The van der Waals surface area contributed by atoms with Gasteiger partial charge >= 0.3 is 5.97 Å². The molecule has 1 heterocycles. The van der Waals surface area contributed by atoms with E-state index in [4.69, 9.17) is 19.3 Å². The average molecular weight is 551 g/mol. The van der Waals surface area contributed by atoms with Gasteiger partial charge < -0.3 is 24.6 Å². The molecule has 12 heteroatoms. The second-order valence-corrected chi connectivity index (χ2v) is 8.61. The van der Waals surface area contributed by atoms with Crippen LogP contribution in [0.1, 0.15) is 5.56 Å². The number of carboxylic acids is 1. The van der Waals surface area contributed by atoms with Gasteiger partial charge in [0.1, 0.15) is 12.3 Å². The first-order chi connectivity index (χ1) is 16.2. The molecule has 2 N–H and O–H groups in total. The molecular weight excluding hydrogens is 532 g/mol. The van der Waals surface area contributed by atoms with Crippen LogP contribution in [-0.2, 0) is 14.4 Å². The van der Waals surface area contributed by atoms with Gasteiger partial charge in [-0.15, -0.1) is 0 Å². The van der Waals surface area contributed by atoms with E-state index in [1.165, 1.54) is 26.4 Å². The van der Waals surface area contributed by atoms with Gasteiger partial charge in [0.25, 0.3) is 11.1 Å². The normalized spacial score (nSPS) is 14.3. The highest BCUT2D eigenvalue weighted by atomic mass is 79.9. The monoisotopic (exact) mass is 550 g/mol. The van der Waals surface area contributed by atoms with Gasteiger partial charge in [-0.05, 0) is 75.7 Å². The van der Waals surface area contributed by atoms with Gasteiger partial charge in [-0.1, -0.05) is 0 Å². The number of halogens is 1. The third kappa shape index (κ3) is 6.08. The Morgan fingerprint density at radius 3 is 2.47 bits per heavy atom. The van der Waals surface area contributed by atoms with E-state index in [2.05, 4.69) is 21.2 Å². The van der Waals surface area contributed by atoms with Crippen molar-refractivity contribution in [2.75, 3.05) is 32.7 Å². The number of carbonyl (C=O) groups excluding carboxylic acids is 3. The van der Waals surface area contributed by atoms with Crippen LogP contribution in [0.25, 0.3) is 6.08 Å². The lowest BCUT2D eigenvalue weighted by Gasteiger charge is -2.13. The molecule has 0 radical (unpaired) electrons. The lowest BCUT2D eigenvalue weighted by atomic mass is 10.2. The summed E-state index contributed by atoms with van der Waals surface area (Å²) < 4.78 is 15.9. The quantitative estimate of drug-likeness (QED) is 0.449. The molecule has 0 bridgehead atoms. The number of imide groups is 1. The number of methoxy groups -OCH3 is 2. The van der Waals surface area contributed by atoms with Gasteiger partial charge in [0.15, 0.2) is 18.1 Å². The lowest BCUT2D eigenvalue weighted by Crippen LogP contribution is -2.36. The first-order valence-corrected chi connectivity index (χ1v) is 11.2. The van der Waals surface area contributed by atoms with Crippen LogP contribution in [-0.4, -0.2) is 60.4 Å². The van der Waals surface area contributed by atoms with Crippen molar-refractivity contribution >= 4 is 62.5 Å². The number of benzene rings is 2. The largest absolute Gasteiger partial charge is 0.497 e. The summed E-state index contributed by atoms with van der Waals surface area (Å²) in [5.41, 5.74) is 0.995. The smallest absolute Gasteiger partial charge is 0.341 e. The highest BCUT2D eigenvalue weighted by Crippen LogP contribution is 2.39. The van der Waals surface area contributed by atoms with Crippen molar-refractivity contribution in [1.82, 2.24) is 4.90 Å². The van der Waals surface area contributed by atoms with Gasteiger partial charge in [0.2, 0.25) is 5.91 Å². The molecule has 34 heavy (non-hydrogen) atoms. The Bertz CT molecular complexity index is 1170. The summed E-state index contributed by atoms with van der Waals surface area (Å²) in [5.74, 6) is -1.24. The molecule has 2 aromatic carbocycles. The molecular formula is C22H19BrN2O8S. The van der Waals surface area contributed by atoms with Crippen molar-refractivity contribution in [3.63, 3.8) is 0 Å². The second kappa shape index (κ2) is 11.1. The zero-order valence-corrected chi connectivity index (χ0v) is 20.4. The minimum atomic E-state index is -1.15. The van der Waals surface area contributed by atoms with Crippen molar-refractivity contribution < 1.29 is 38.5 Å². The van der Waals surface area contributed by atoms with Crippen molar-refractivity contribution in [2.24, 2.45) is 0 Å². The van der Waals surface area contributed by atoms with Crippen LogP contribution in [0.4, 0.5) is 10.5 Å². The predicted octanol–water partition coefficient (Wildman–Crippen LogP) is 3.60. The van der Waals surface area contributed by atoms with E-state index in [-0.39, 0.29) is 16.4 Å². The van der Waals surface area contributed by atoms with E-state index in [9.17, 15) is 19.2 Å². The van der Waals surface area contributed by atoms with E-state index < -0.39 is 36.2 Å². The number of carboxylic acid groups (broad SMARTS) is 1. The predicted molar refractivity (Wildman–Crippen MR) is 128 cm³/mol. The fourth-order valence-corrected chi connectivity index (χ4v) is 4.32. The number of ether oxygens (including phenoxy) is 3. The second-order valence-electron chi connectivity index (χ2n) is 6.76. The Morgan fingerprint density at radius 2 is 1.85 bits per heavy atom. The van der Waals surface area contributed by atoms with Gasteiger partial charge in [-0.2, -0.15) is 0 Å². The zero-order chi connectivity index (χ0) is 24.8. The Balaban J connectivity index is 1.72. The first kappa shape index (κ1) is 25.1. The maximum absolute atomic E-state index is 12.8. The van der Waals surface area contributed by atoms with E-state index in [1.54, 1.807) is 30.3 Å². The van der Waals surface area contributed by atoms with E-state index in [0.717, 1.165) is 4.90 Å². The van der Waals surface area contributed by atoms with Crippen molar-refractivity contribution in [3.8, 4) is 17.2 Å². The Kier molecular flexibility index (Phi) is 8.18. The van der Waals surface area contributed by atoms with Crippen LogP contribution in [0, 0.1) is 0 Å². The van der Waals surface area contributed by atoms with Crippen LogP contribution in [0.2, 0.25) is 0 Å². The number of amides is 3. The molecule has 0 spiro atoms. The van der Waals surface area contributed by atoms with Crippen LogP contribution >= 0.6 is 27.7 Å². The van der Waals surface area contributed by atoms with Crippen LogP contribution in [0.5, 0.6) is 17.2 Å². The first-order valence-electron chi connectivity index (χ1n) is 9.63. The molecule has 0 atom stereocenters. The van der Waals surface area contributed by atoms with Crippen LogP contribution in [0.3, 0.4) is 0 Å². The SMILES string of the molecule is COc1ccc(NC(=O)CN2C(=O)S/C(=C/c3cc(Br)c(OCC(=O)O)c(OC)c3)C2=O)cc1. The fourth-order valence-electron chi connectivity index (χ4n) is 2.90. The van der Waals surface area contributed by atoms with Crippen LogP contribution in [0.15, 0.2) is 45.8 Å². The molecule has 0 saturated carbocycles. The average Bonchev–Trinajstić information content (AvgIpc) is 3.05. The van der Waals surface area contributed by atoms with Gasteiger partial charge in [-0.25, -0.2) is 4.79 Å². The maximum Gasteiger partial charge on any atom is 0.341 e. The zero-order valence-electron chi connectivity index (χ0n) is 18.0. The third-order valence-electron chi connectivity index (χ3n) is 4.44. The molecule has 178 valence electrons. The lowest BCUT2D eigenvalue weighted by molar-refractivity contribution is -0.139. The molecule has 1 fully saturated rings. The number of nitrogens with one attached hydrogen (secondary N) is 1. The molecule has 0 aliphatic carbocycles. The molecule has 1 aliphatic rings. The van der Waals surface area contributed by atoms with Gasteiger partial charge in [-0.3, -0.25) is 19.3 Å². The molecule has 2 aromatic rings. The molecule has 0 aromatic heterocycles. The summed E-state index contributed by atoms with van der Waals surface area (Å²) >= 11 is 4.00. The summed E-state index contributed by atoms with van der Waals surface area (Å²) in [6, 6.07) is 9.74. The van der Waals surface area contributed by atoms with E-state index >= 15 is 0 Å². The van der Waals surface area contributed by atoms with Crippen molar-refractivity contribution in [2.45, 2.75) is 0 Å². The molecule has 3 amide bonds. The summed E-state index contributed by atoms with van der Waals surface area (Å²) in [6.07, 6.45) is 1.47.